The highest BCUT2D eigenvalue weighted by Gasteiger charge is 2.27. The molecule has 0 unspecified atom stereocenters. The third-order valence-electron chi connectivity index (χ3n) is 2.14. The number of carboxylic acids is 1. The second-order valence-corrected chi connectivity index (χ2v) is 3.64. The summed E-state index contributed by atoms with van der Waals surface area (Å²) in [6.45, 7) is -1.50. The summed E-state index contributed by atoms with van der Waals surface area (Å²) in [5, 5.41) is 12.5. The molecule has 1 rings (SSSR count). The minimum Gasteiger partial charge on any atom is -0.495 e. The van der Waals surface area contributed by atoms with Crippen molar-refractivity contribution >= 4 is 17.7 Å². The van der Waals surface area contributed by atoms with Crippen LogP contribution in [0.1, 0.15) is 10.4 Å². The first kappa shape index (κ1) is 15.6. The van der Waals surface area contributed by atoms with Crippen LogP contribution in [0.15, 0.2) is 18.2 Å². The Kier molecular flexibility index (Phi) is 4.78. The number of benzene rings is 1. The summed E-state index contributed by atoms with van der Waals surface area (Å²) in [6, 6.07) is 2.47. The molecule has 0 heterocycles. The van der Waals surface area contributed by atoms with Crippen molar-refractivity contribution in [3.05, 3.63) is 23.8 Å². The number of carbonyl (C=O) groups is 2. The van der Waals surface area contributed by atoms with E-state index in [9.17, 15) is 22.8 Å². The van der Waals surface area contributed by atoms with Crippen molar-refractivity contribution in [2.75, 3.05) is 19.0 Å². The summed E-state index contributed by atoms with van der Waals surface area (Å²) < 4.78 is 40.6. The van der Waals surface area contributed by atoms with Crippen LogP contribution < -0.4 is 15.4 Å². The molecule has 110 valence electrons. The number of nitrogens with one attached hydrogen (secondary N) is 2. The molecule has 1 aromatic carbocycles. The molecule has 0 saturated carbocycles. The molecule has 1 aromatic rings. The van der Waals surface area contributed by atoms with E-state index in [2.05, 4.69) is 5.32 Å². The summed E-state index contributed by atoms with van der Waals surface area (Å²) >= 11 is 0. The topological polar surface area (TPSA) is 87.7 Å². The van der Waals surface area contributed by atoms with E-state index in [0.29, 0.717) is 0 Å². The number of urea groups is 1. The Bertz CT molecular complexity index is 517. The van der Waals surface area contributed by atoms with Crippen LogP contribution in [0.2, 0.25) is 0 Å². The van der Waals surface area contributed by atoms with Crippen molar-refractivity contribution in [2.24, 2.45) is 0 Å². The van der Waals surface area contributed by atoms with Crippen molar-refractivity contribution < 1.29 is 32.6 Å². The first-order valence-electron chi connectivity index (χ1n) is 5.26. The van der Waals surface area contributed by atoms with Gasteiger partial charge in [0.25, 0.3) is 0 Å². The molecule has 3 N–H and O–H groups in total. The number of alkyl halides is 3. The average Bonchev–Trinajstić information content (AvgIpc) is 2.35. The number of aromatic carboxylic acids is 1. The van der Waals surface area contributed by atoms with E-state index >= 15 is 0 Å². The molecule has 6 nitrogen and oxygen atoms in total. The fraction of sp³-hybridized carbons (Fsp3) is 0.273. The van der Waals surface area contributed by atoms with Crippen LogP contribution in [0, 0.1) is 0 Å². The van der Waals surface area contributed by atoms with Gasteiger partial charge in [-0.1, -0.05) is 0 Å². The summed E-state index contributed by atoms with van der Waals surface area (Å²) in [5.74, 6) is -1.12. The molecule has 0 aromatic heterocycles. The van der Waals surface area contributed by atoms with Crippen LogP contribution in [-0.4, -0.2) is 36.9 Å². The van der Waals surface area contributed by atoms with E-state index in [1.807, 2.05) is 0 Å². The van der Waals surface area contributed by atoms with Crippen LogP contribution in [0.4, 0.5) is 23.7 Å². The van der Waals surface area contributed by atoms with Crippen LogP contribution in [-0.2, 0) is 0 Å². The van der Waals surface area contributed by atoms with E-state index in [1.54, 1.807) is 5.32 Å². The molecular formula is C11H11F3N2O4. The minimum atomic E-state index is -4.54. The summed E-state index contributed by atoms with van der Waals surface area (Å²) in [7, 11) is 1.27. The van der Waals surface area contributed by atoms with Gasteiger partial charge in [0.05, 0.1) is 18.4 Å². The van der Waals surface area contributed by atoms with E-state index < -0.39 is 24.7 Å². The predicted octanol–water partition coefficient (Wildman–Crippen LogP) is 2.08. The van der Waals surface area contributed by atoms with Gasteiger partial charge < -0.3 is 20.5 Å². The second-order valence-electron chi connectivity index (χ2n) is 3.64. The molecule has 0 aliphatic heterocycles. The SMILES string of the molecule is COc1ccc(C(=O)O)cc1NC(=O)NCC(F)(F)F. The van der Waals surface area contributed by atoms with Gasteiger partial charge in [-0.2, -0.15) is 13.2 Å². The molecular weight excluding hydrogens is 281 g/mol. The number of amides is 2. The molecule has 9 heteroatoms. The summed E-state index contributed by atoms with van der Waals surface area (Å²) in [6.07, 6.45) is -4.54. The van der Waals surface area contributed by atoms with Gasteiger partial charge >= 0.3 is 18.2 Å². The van der Waals surface area contributed by atoms with E-state index in [4.69, 9.17) is 9.84 Å². The Labute approximate surface area is 111 Å². The molecule has 0 aliphatic carbocycles. The molecule has 0 aliphatic rings. The standard InChI is InChI=1S/C11H11F3N2O4/c1-20-8-3-2-6(9(17)18)4-7(8)16-10(19)15-5-11(12,13)14/h2-4H,5H2,1H3,(H,17,18)(H2,15,16,19). The monoisotopic (exact) mass is 292 g/mol. The number of hydrogen-bond donors (Lipinski definition) is 3. The van der Waals surface area contributed by atoms with E-state index in [-0.39, 0.29) is 17.0 Å². The summed E-state index contributed by atoms with van der Waals surface area (Å²) in [5.41, 5.74) is -0.191. The predicted molar refractivity (Wildman–Crippen MR) is 63.0 cm³/mol. The molecule has 20 heavy (non-hydrogen) atoms. The third kappa shape index (κ3) is 4.67. The largest absolute Gasteiger partial charge is 0.495 e. The van der Waals surface area contributed by atoms with Gasteiger partial charge in [-0.15, -0.1) is 0 Å². The quantitative estimate of drug-likeness (QED) is 0.792. The van der Waals surface area contributed by atoms with Crippen LogP contribution in [0.5, 0.6) is 5.75 Å². The highest BCUT2D eigenvalue weighted by molar-refractivity contribution is 5.94. The van der Waals surface area contributed by atoms with Gasteiger partial charge in [-0.3, -0.25) is 0 Å². The first-order chi connectivity index (χ1) is 9.23. The van der Waals surface area contributed by atoms with Crippen LogP contribution in [0.3, 0.4) is 0 Å². The summed E-state index contributed by atoms with van der Waals surface area (Å²) in [4.78, 5) is 22.1. The lowest BCUT2D eigenvalue weighted by molar-refractivity contribution is -0.122. The van der Waals surface area contributed by atoms with Gasteiger partial charge in [0.2, 0.25) is 0 Å². The lowest BCUT2D eigenvalue weighted by atomic mass is 10.2. The maximum Gasteiger partial charge on any atom is 0.405 e. The number of carbonyl (C=O) groups excluding carboxylic acids is 1. The lowest BCUT2D eigenvalue weighted by Crippen LogP contribution is -2.36. The Hall–Kier alpha value is -2.45. The van der Waals surface area contributed by atoms with Gasteiger partial charge in [0.15, 0.2) is 0 Å². The molecule has 0 spiro atoms. The Morgan fingerprint density at radius 3 is 2.50 bits per heavy atom. The van der Waals surface area contributed by atoms with Crippen molar-refractivity contribution in [3.63, 3.8) is 0 Å². The molecule has 2 amide bonds. The molecule has 0 fully saturated rings. The maximum absolute atomic E-state index is 11.9. The maximum atomic E-state index is 11.9. The minimum absolute atomic E-state index is 0.0490. The number of anilines is 1. The fourth-order valence-corrected chi connectivity index (χ4v) is 1.29. The van der Waals surface area contributed by atoms with Crippen molar-refractivity contribution in [2.45, 2.75) is 6.18 Å². The number of rotatable bonds is 4. The van der Waals surface area contributed by atoms with Gasteiger partial charge in [-0.25, -0.2) is 9.59 Å². The second kappa shape index (κ2) is 6.13. The Balaban J connectivity index is 2.82. The number of hydrogen-bond acceptors (Lipinski definition) is 3. The zero-order valence-corrected chi connectivity index (χ0v) is 10.2. The number of halogens is 3. The van der Waals surface area contributed by atoms with Crippen LogP contribution >= 0.6 is 0 Å². The number of methoxy groups -OCH3 is 1. The highest BCUT2D eigenvalue weighted by atomic mass is 19.4. The lowest BCUT2D eigenvalue weighted by Gasteiger charge is -2.12. The fourth-order valence-electron chi connectivity index (χ4n) is 1.29. The average molecular weight is 292 g/mol. The van der Waals surface area contributed by atoms with Gasteiger partial charge in [0.1, 0.15) is 12.3 Å². The number of ether oxygens (including phenoxy) is 1. The molecule has 0 atom stereocenters. The first-order valence-corrected chi connectivity index (χ1v) is 5.26. The Morgan fingerprint density at radius 1 is 1.35 bits per heavy atom. The molecule has 0 radical (unpaired) electrons. The zero-order valence-electron chi connectivity index (χ0n) is 10.2. The highest BCUT2D eigenvalue weighted by Crippen LogP contribution is 2.25. The van der Waals surface area contributed by atoms with Crippen molar-refractivity contribution in [1.82, 2.24) is 5.32 Å². The van der Waals surface area contributed by atoms with Crippen molar-refractivity contribution in [1.29, 1.82) is 0 Å². The zero-order chi connectivity index (χ0) is 15.3. The smallest absolute Gasteiger partial charge is 0.405 e. The van der Waals surface area contributed by atoms with E-state index in [1.165, 1.54) is 19.2 Å². The normalized spacial score (nSPS) is 10.8. The van der Waals surface area contributed by atoms with E-state index in [0.717, 1.165) is 6.07 Å². The van der Waals surface area contributed by atoms with Crippen LogP contribution in [0.25, 0.3) is 0 Å². The Morgan fingerprint density at radius 2 is 2.00 bits per heavy atom. The van der Waals surface area contributed by atoms with Gasteiger partial charge in [0, 0.05) is 0 Å². The molecule has 0 saturated heterocycles. The molecule has 0 bridgehead atoms. The van der Waals surface area contributed by atoms with Gasteiger partial charge in [-0.05, 0) is 18.2 Å². The number of carboxylic acid groups (broad SMARTS) is 1. The van der Waals surface area contributed by atoms with Crippen molar-refractivity contribution in [3.8, 4) is 5.75 Å². The third-order valence-corrected chi connectivity index (χ3v) is 2.14.